The first-order valence-corrected chi connectivity index (χ1v) is 12.6. The number of anilines is 1. The summed E-state index contributed by atoms with van der Waals surface area (Å²) in [6, 6.07) is 12.4. The van der Waals surface area contributed by atoms with Crippen LogP contribution in [0, 0.1) is 0 Å². The molecule has 0 saturated heterocycles. The number of allylic oxidation sites excluding steroid dienone is 1. The molecular weight excluding hydrogens is 538 g/mol. The lowest BCUT2D eigenvalue weighted by atomic mass is 9.96. The van der Waals surface area contributed by atoms with Crippen LogP contribution in [0.3, 0.4) is 0 Å². The van der Waals surface area contributed by atoms with Gasteiger partial charge in [-0.05, 0) is 71.2 Å². The molecule has 0 aliphatic carbocycles. The minimum absolute atomic E-state index is 0.217. The van der Waals surface area contributed by atoms with E-state index >= 15 is 0 Å². The van der Waals surface area contributed by atoms with E-state index < -0.39 is 12.0 Å². The van der Waals surface area contributed by atoms with Gasteiger partial charge >= 0.3 is 5.97 Å². The standard InChI is InChI=1S/C25H23BrClN3O3S/c1-5-33-24(32)21-14(2)28-25-30(22(21)16-7-9-17(27)10-8-16)23(31)20(34-25)13-15-6-11-19(29(3)4)18(26)12-15/h6-13,22H,5H2,1-4H3/b20-13-/t22-/m1/s1. The van der Waals surface area contributed by atoms with Crippen molar-refractivity contribution in [2.45, 2.75) is 19.9 Å². The van der Waals surface area contributed by atoms with E-state index in [9.17, 15) is 9.59 Å². The number of benzene rings is 2. The van der Waals surface area contributed by atoms with Gasteiger partial charge in [-0.3, -0.25) is 9.36 Å². The third kappa shape index (κ3) is 4.62. The zero-order valence-electron chi connectivity index (χ0n) is 19.1. The molecule has 34 heavy (non-hydrogen) atoms. The molecule has 1 aliphatic heterocycles. The Morgan fingerprint density at radius 2 is 1.97 bits per heavy atom. The Bertz CT molecular complexity index is 1470. The fourth-order valence-electron chi connectivity index (χ4n) is 3.88. The van der Waals surface area contributed by atoms with Crippen LogP contribution in [0.4, 0.5) is 5.69 Å². The van der Waals surface area contributed by atoms with Crippen molar-refractivity contribution in [1.82, 2.24) is 4.57 Å². The summed E-state index contributed by atoms with van der Waals surface area (Å²) in [6.45, 7) is 3.74. The van der Waals surface area contributed by atoms with Gasteiger partial charge in [0, 0.05) is 23.6 Å². The van der Waals surface area contributed by atoms with Crippen LogP contribution in [0.15, 0.2) is 68.0 Å². The molecule has 1 aliphatic rings. The Balaban J connectivity index is 1.91. The second kappa shape index (κ2) is 9.90. The highest BCUT2D eigenvalue weighted by Crippen LogP contribution is 2.31. The van der Waals surface area contributed by atoms with Crippen LogP contribution < -0.4 is 19.8 Å². The maximum absolute atomic E-state index is 13.6. The Labute approximate surface area is 214 Å². The Morgan fingerprint density at radius 3 is 2.59 bits per heavy atom. The first-order chi connectivity index (χ1) is 16.2. The van der Waals surface area contributed by atoms with Crippen LogP contribution in [0.2, 0.25) is 5.02 Å². The van der Waals surface area contributed by atoms with Crippen molar-refractivity contribution in [2.24, 2.45) is 4.99 Å². The van der Waals surface area contributed by atoms with E-state index in [1.165, 1.54) is 11.3 Å². The minimum Gasteiger partial charge on any atom is -0.463 e. The quantitative estimate of drug-likeness (QED) is 0.437. The molecule has 0 unspecified atom stereocenters. The van der Waals surface area contributed by atoms with E-state index in [-0.39, 0.29) is 12.2 Å². The molecule has 0 radical (unpaired) electrons. The number of fused-ring (bicyclic) bond motifs is 1. The summed E-state index contributed by atoms with van der Waals surface area (Å²) >= 11 is 11.0. The normalized spacial score (nSPS) is 15.7. The largest absolute Gasteiger partial charge is 0.463 e. The molecule has 0 N–H and O–H groups in total. The van der Waals surface area contributed by atoms with E-state index in [4.69, 9.17) is 16.3 Å². The number of thiazole rings is 1. The monoisotopic (exact) mass is 559 g/mol. The van der Waals surface area contributed by atoms with Crippen molar-refractivity contribution in [3.05, 3.63) is 94.0 Å². The predicted molar refractivity (Wildman–Crippen MR) is 140 cm³/mol. The summed E-state index contributed by atoms with van der Waals surface area (Å²) in [5.74, 6) is -0.485. The summed E-state index contributed by atoms with van der Waals surface area (Å²) in [5.41, 5.74) is 3.34. The topological polar surface area (TPSA) is 63.9 Å². The smallest absolute Gasteiger partial charge is 0.338 e. The third-order valence-corrected chi connectivity index (χ3v) is 7.32. The molecule has 1 aromatic heterocycles. The van der Waals surface area contributed by atoms with Crippen molar-refractivity contribution in [3.8, 4) is 0 Å². The van der Waals surface area contributed by atoms with Crippen LogP contribution in [0.5, 0.6) is 0 Å². The average molecular weight is 561 g/mol. The van der Waals surface area contributed by atoms with Gasteiger partial charge in [0.2, 0.25) is 0 Å². The number of carbonyl (C=O) groups is 1. The number of aromatic nitrogens is 1. The summed E-state index contributed by atoms with van der Waals surface area (Å²) in [7, 11) is 3.94. The van der Waals surface area contributed by atoms with Crippen molar-refractivity contribution in [3.63, 3.8) is 0 Å². The number of hydrogen-bond acceptors (Lipinski definition) is 6. The maximum atomic E-state index is 13.6. The predicted octanol–water partition coefficient (Wildman–Crippen LogP) is 4.28. The lowest BCUT2D eigenvalue weighted by Gasteiger charge is -2.24. The van der Waals surface area contributed by atoms with Crippen molar-refractivity contribution in [1.29, 1.82) is 0 Å². The Hall–Kier alpha value is -2.68. The number of nitrogens with zero attached hydrogens (tertiary/aromatic N) is 3. The van der Waals surface area contributed by atoms with Crippen LogP contribution >= 0.6 is 38.9 Å². The molecule has 1 atom stereocenters. The number of carbonyl (C=O) groups excluding carboxylic acids is 1. The first-order valence-electron chi connectivity index (χ1n) is 10.6. The van der Waals surface area contributed by atoms with E-state index in [0.717, 1.165) is 21.3 Å². The molecule has 0 bridgehead atoms. The molecule has 2 heterocycles. The highest BCUT2D eigenvalue weighted by molar-refractivity contribution is 9.10. The second-order valence-corrected chi connectivity index (χ2v) is 10.3. The lowest BCUT2D eigenvalue weighted by Crippen LogP contribution is -2.39. The molecule has 3 aromatic rings. The van der Waals surface area contributed by atoms with Gasteiger partial charge in [0.05, 0.1) is 34.1 Å². The van der Waals surface area contributed by atoms with E-state index in [1.54, 1.807) is 30.5 Å². The molecule has 6 nitrogen and oxygen atoms in total. The zero-order valence-corrected chi connectivity index (χ0v) is 22.3. The first kappa shape index (κ1) is 24.4. The van der Waals surface area contributed by atoms with Gasteiger partial charge in [0.15, 0.2) is 4.80 Å². The molecule has 2 aromatic carbocycles. The molecule has 176 valence electrons. The molecule has 0 fully saturated rings. The summed E-state index contributed by atoms with van der Waals surface area (Å²) in [5, 5.41) is 0.571. The number of ether oxygens (including phenoxy) is 1. The fraction of sp³-hybridized carbons (Fsp3) is 0.240. The van der Waals surface area contributed by atoms with Gasteiger partial charge in [0.1, 0.15) is 0 Å². The number of hydrogen-bond donors (Lipinski definition) is 0. The van der Waals surface area contributed by atoms with E-state index in [0.29, 0.717) is 25.6 Å². The van der Waals surface area contributed by atoms with E-state index in [2.05, 4.69) is 20.9 Å². The SMILES string of the molecule is CCOC(=O)C1=C(C)N=c2s/c(=C\c3ccc(N(C)C)c(Br)c3)c(=O)n2[C@@H]1c1ccc(Cl)cc1. The van der Waals surface area contributed by atoms with Gasteiger partial charge in [-0.2, -0.15) is 0 Å². The Kier molecular flexibility index (Phi) is 7.12. The summed E-state index contributed by atoms with van der Waals surface area (Å²) in [4.78, 5) is 33.7. The lowest BCUT2D eigenvalue weighted by molar-refractivity contribution is -0.139. The molecular formula is C25H23BrClN3O3S. The van der Waals surface area contributed by atoms with Crippen molar-refractivity contribution >= 4 is 56.6 Å². The van der Waals surface area contributed by atoms with Crippen molar-refractivity contribution in [2.75, 3.05) is 25.6 Å². The molecule has 9 heteroatoms. The van der Waals surface area contributed by atoms with Crippen LogP contribution in [-0.4, -0.2) is 31.2 Å². The van der Waals surface area contributed by atoms with Gasteiger partial charge in [0.25, 0.3) is 5.56 Å². The average Bonchev–Trinajstić information content (AvgIpc) is 3.08. The van der Waals surface area contributed by atoms with Crippen LogP contribution in [0.1, 0.15) is 31.0 Å². The third-order valence-electron chi connectivity index (χ3n) is 5.45. The molecule has 0 amide bonds. The van der Waals surface area contributed by atoms with Gasteiger partial charge in [-0.25, -0.2) is 9.79 Å². The maximum Gasteiger partial charge on any atom is 0.338 e. The zero-order chi connectivity index (χ0) is 24.6. The molecule has 4 rings (SSSR count). The number of esters is 1. The van der Waals surface area contributed by atoms with Gasteiger partial charge < -0.3 is 9.64 Å². The van der Waals surface area contributed by atoms with E-state index in [1.807, 2.05) is 55.4 Å². The minimum atomic E-state index is -0.655. The molecule has 0 saturated carbocycles. The van der Waals surface area contributed by atoms with Gasteiger partial charge in [-0.1, -0.05) is 41.1 Å². The highest BCUT2D eigenvalue weighted by atomic mass is 79.9. The van der Waals surface area contributed by atoms with Gasteiger partial charge in [-0.15, -0.1) is 0 Å². The Morgan fingerprint density at radius 1 is 1.26 bits per heavy atom. The second-order valence-electron chi connectivity index (χ2n) is 7.96. The number of rotatable bonds is 5. The summed E-state index contributed by atoms with van der Waals surface area (Å²) < 4.78 is 8.35. The number of halogens is 2. The fourth-order valence-corrected chi connectivity index (χ4v) is 5.80. The van der Waals surface area contributed by atoms with Crippen molar-refractivity contribution < 1.29 is 9.53 Å². The highest BCUT2D eigenvalue weighted by Gasteiger charge is 2.33. The van der Waals surface area contributed by atoms with Crippen LogP contribution in [-0.2, 0) is 9.53 Å². The van der Waals surface area contributed by atoms with Crippen LogP contribution in [0.25, 0.3) is 6.08 Å². The summed E-state index contributed by atoms with van der Waals surface area (Å²) in [6.07, 6.45) is 1.84. The molecule has 0 spiro atoms.